The molecule has 1 fully saturated rings. The third-order valence-electron chi connectivity index (χ3n) is 4.82. The third-order valence-corrected chi connectivity index (χ3v) is 6.89. The molecule has 1 saturated heterocycles. The highest BCUT2D eigenvalue weighted by atomic mass is 32.2. The van der Waals surface area contributed by atoms with E-state index in [1.807, 2.05) is 24.8 Å². The number of aryl methyl sites for hydroxylation is 1. The Morgan fingerprint density at radius 2 is 2.07 bits per heavy atom. The summed E-state index contributed by atoms with van der Waals surface area (Å²) >= 11 is 0. The zero-order valence-electron chi connectivity index (χ0n) is 15.2. The summed E-state index contributed by atoms with van der Waals surface area (Å²) in [5.74, 6) is 0.581. The molecular formula is C18H21N5O3S. The minimum absolute atomic E-state index is 0.224. The number of anilines is 1. The fourth-order valence-electron chi connectivity index (χ4n) is 3.43. The molecule has 2 aromatic heterocycles. The normalized spacial score (nSPS) is 18.9. The lowest BCUT2D eigenvalue weighted by Gasteiger charge is -2.38. The van der Waals surface area contributed by atoms with E-state index >= 15 is 0 Å². The molecule has 3 heterocycles. The largest absolute Gasteiger partial charge is 0.408 e. The number of pyridine rings is 1. The van der Waals surface area contributed by atoms with Crippen LogP contribution in [0.15, 0.2) is 46.0 Å². The van der Waals surface area contributed by atoms with Gasteiger partial charge in [0.15, 0.2) is 0 Å². The van der Waals surface area contributed by atoms with Crippen LogP contribution in [-0.2, 0) is 16.4 Å². The maximum absolute atomic E-state index is 13.3. The molecule has 3 aromatic rings. The number of piperazine rings is 1. The quantitative estimate of drug-likeness (QED) is 0.677. The molecule has 142 valence electrons. The number of fused-ring (bicyclic) bond motifs is 1. The van der Waals surface area contributed by atoms with Gasteiger partial charge in [-0.05, 0) is 19.1 Å². The molecule has 0 spiro atoms. The van der Waals surface area contributed by atoms with Gasteiger partial charge in [-0.1, -0.05) is 24.2 Å². The van der Waals surface area contributed by atoms with Gasteiger partial charge in [0.2, 0.25) is 15.9 Å². The maximum atomic E-state index is 13.3. The zero-order chi connectivity index (χ0) is 19.0. The van der Waals surface area contributed by atoms with Crippen LogP contribution in [0, 0.1) is 0 Å². The highest BCUT2D eigenvalue weighted by molar-refractivity contribution is 7.89. The lowest BCUT2D eigenvalue weighted by atomic mass is 10.2. The van der Waals surface area contributed by atoms with Crippen molar-refractivity contribution in [2.75, 3.05) is 24.5 Å². The van der Waals surface area contributed by atoms with Gasteiger partial charge in [-0.25, -0.2) is 8.42 Å². The summed E-state index contributed by atoms with van der Waals surface area (Å²) in [6.07, 6.45) is 3.97. The Balaban J connectivity index is 1.61. The van der Waals surface area contributed by atoms with Crippen LogP contribution in [0.5, 0.6) is 0 Å². The smallest absolute Gasteiger partial charge is 0.318 e. The topological polar surface area (TPSA) is 92.4 Å². The van der Waals surface area contributed by atoms with Gasteiger partial charge in [0, 0.05) is 55.3 Å². The number of rotatable bonds is 4. The first-order valence-corrected chi connectivity index (χ1v) is 10.4. The van der Waals surface area contributed by atoms with Gasteiger partial charge in [0.25, 0.3) is 0 Å². The maximum Gasteiger partial charge on any atom is 0.318 e. The van der Waals surface area contributed by atoms with E-state index in [0.29, 0.717) is 48.2 Å². The predicted octanol–water partition coefficient (Wildman–Crippen LogP) is 2.08. The molecule has 0 bridgehead atoms. The zero-order valence-corrected chi connectivity index (χ0v) is 16.1. The van der Waals surface area contributed by atoms with E-state index < -0.39 is 10.0 Å². The van der Waals surface area contributed by atoms with Gasteiger partial charge >= 0.3 is 6.01 Å². The Hall–Kier alpha value is -2.52. The van der Waals surface area contributed by atoms with E-state index in [2.05, 4.69) is 15.2 Å². The molecule has 0 saturated carbocycles. The van der Waals surface area contributed by atoms with Crippen molar-refractivity contribution >= 4 is 26.8 Å². The summed E-state index contributed by atoms with van der Waals surface area (Å²) in [7, 11) is -3.63. The number of sulfonamides is 1. The van der Waals surface area contributed by atoms with Gasteiger partial charge in [-0.2, -0.15) is 4.31 Å². The summed E-state index contributed by atoms with van der Waals surface area (Å²) in [6, 6.07) is 7.24. The highest BCUT2D eigenvalue weighted by Gasteiger charge is 2.35. The molecule has 0 radical (unpaired) electrons. The number of benzene rings is 1. The van der Waals surface area contributed by atoms with Gasteiger partial charge in [0.1, 0.15) is 0 Å². The molecule has 8 nitrogen and oxygen atoms in total. The van der Waals surface area contributed by atoms with E-state index in [1.54, 1.807) is 34.9 Å². The first-order chi connectivity index (χ1) is 13.0. The number of hydrogen-bond acceptors (Lipinski definition) is 7. The van der Waals surface area contributed by atoms with Crippen molar-refractivity contribution in [2.45, 2.75) is 31.2 Å². The standard InChI is InChI=1S/C18H21N5O3S/c1-3-17-20-21-18(26-17)22-9-10-23(13(2)12-22)27(24,25)16-6-4-5-14-11-19-8-7-15(14)16/h4-8,11,13H,3,9-10,12H2,1-2H3/t13-/m0/s1. The van der Waals surface area contributed by atoms with E-state index in [1.165, 1.54) is 0 Å². The Morgan fingerprint density at radius 3 is 2.81 bits per heavy atom. The van der Waals surface area contributed by atoms with Crippen molar-refractivity contribution in [3.8, 4) is 0 Å². The van der Waals surface area contributed by atoms with Gasteiger partial charge in [0.05, 0.1) is 4.90 Å². The van der Waals surface area contributed by atoms with Crippen molar-refractivity contribution in [1.29, 1.82) is 0 Å². The van der Waals surface area contributed by atoms with E-state index in [9.17, 15) is 8.42 Å². The van der Waals surface area contributed by atoms with E-state index in [-0.39, 0.29) is 6.04 Å². The van der Waals surface area contributed by atoms with Crippen LogP contribution in [-0.4, -0.2) is 53.6 Å². The Kier molecular flexibility index (Phi) is 4.56. The molecule has 0 amide bonds. The molecule has 0 aliphatic carbocycles. The van der Waals surface area contributed by atoms with E-state index in [0.717, 1.165) is 5.39 Å². The molecule has 27 heavy (non-hydrogen) atoms. The van der Waals surface area contributed by atoms with Gasteiger partial charge < -0.3 is 9.32 Å². The minimum atomic E-state index is -3.63. The Morgan fingerprint density at radius 1 is 1.22 bits per heavy atom. The van der Waals surface area contributed by atoms with Crippen molar-refractivity contribution in [1.82, 2.24) is 19.5 Å². The van der Waals surface area contributed by atoms with Crippen molar-refractivity contribution in [3.63, 3.8) is 0 Å². The number of hydrogen-bond donors (Lipinski definition) is 0. The van der Waals surface area contributed by atoms with Crippen LogP contribution >= 0.6 is 0 Å². The number of nitrogens with zero attached hydrogens (tertiary/aromatic N) is 5. The molecule has 0 N–H and O–H groups in total. The predicted molar refractivity (Wildman–Crippen MR) is 101 cm³/mol. The van der Waals surface area contributed by atoms with Crippen molar-refractivity contribution in [3.05, 3.63) is 42.5 Å². The van der Waals surface area contributed by atoms with Gasteiger partial charge in [-0.3, -0.25) is 4.98 Å². The SMILES string of the molecule is CCc1nnc(N2CCN(S(=O)(=O)c3cccc4cnccc34)[C@@H](C)C2)o1. The van der Waals surface area contributed by atoms with Crippen molar-refractivity contribution < 1.29 is 12.8 Å². The highest BCUT2D eigenvalue weighted by Crippen LogP contribution is 2.28. The summed E-state index contributed by atoms with van der Waals surface area (Å²) < 4.78 is 33.8. The summed E-state index contributed by atoms with van der Waals surface area (Å²) in [6.45, 7) is 5.20. The molecule has 1 aromatic carbocycles. The van der Waals surface area contributed by atoms with Crippen molar-refractivity contribution in [2.24, 2.45) is 0 Å². The monoisotopic (exact) mass is 387 g/mol. The third kappa shape index (κ3) is 3.17. The molecule has 1 atom stereocenters. The second-order valence-corrected chi connectivity index (χ2v) is 8.45. The van der Waals surface area contributed by atoms with Gasteiger partial charge in [-0.15, -0.1) is 5.10 Å². The summed E-state index contributed by atoms with van der Waals surface area (Å²) in [4.78, 5) is 6.33. The van der Waals surface area contributed by atoms with Crippen LogP contribution in [0.3, 0.4) is 0 Å². The molecule has 0 unspecified atom stereocenters. The second-order valence-electron chi connectivity index (χ2n) is 6.60. The first kappa shape index (κ1) is 17.9. The summed E-state index contributed by atoms with van der Waals surface area (Å²) in [5.41, 5.74) is 0. The summed E-state index contributed by atoms with van der Waals surface area (Å²) in [5, 5.41) is 9.55. The molecule has 4 rings (SSSR count). The Bertz CT molecular complexity index is 1060. The van der Waals surface area contributed by atoms with Crippen LogP contribution in [0.2, 0.25) is 0 Å². The fraction of sp³-hybridized carbons (Fsp3) is 0.389. The lowest BCUT2D eigenvalue weighted by Crippen LogP contribution is -2.54. The lowest BCUT2D eigenvalue weighted by molar-refractivity contribution is 0.297. The molecule has 9 heteroatoms. The van der Waals surface area contributed by atoms with Crippen LogP contribution < -0.4 is 4.90 Å². The minimum Gasteiger partial charge on any atom is -0.408 e. The molecule has 1 aliphatic heterocycles. The van der Waals surface area contributed by atoms with Crippen LogP contribution in [0.1, 0.15) is 19.7 Å². The average Bonchev–Trinajstić information content (AvgIpc) is 3.16. The molecule has 1 aliphatic rings. The first-order valence-electron chi connectivity index (χ1n) is 8.92. The fourth-order valence-corrected chi connectivity index (χ4v) is 5.26. The molecular weight excluding hydrogens is 366 g/mol. The Labute approximate surface area is 157 Å². The van der Waals surface area contributed by atoms with E-state index in [4.69, 9.17) is 4.42 Å². The van der Waals surface area contributed by atoms with Crippen LogP contribution in [0.25, 0.3) is 10.8 Å². The van der Waals surface area contributed by atoms with Crippen LogP contribution in [0.4, 0.5) is 6.01 Å². The average molecular weight is 387 g/mol. The second kappa shape index (κ2) is 6.90. The number of aromatic nitrogens is 3.